The van der Waals surface area contributed by atoms with Crippen molar-refractivity contribution in [3.05, 3.63) is 58.2 Å². The van der Waals surface area contributed by atoms with Gasteiger partial charge in [-0.1, -0.05) is 87.4 Å². The van der Waals surface area contributed by atoms with Gasteiger partial charge in [0, 0.05) is 59.2 Å². The van der Waals surface area contributed by atoms with Crippen LogP contribution in [0.15, 0.2) is 52.6 Å². The summed E-state index contributed by atoms with van der Waals surface area (Å²) in [5.41, 5.74) is -5.76. The van der Waals surface area contributed by atoms with Gasteiger partial charge in [0.2, 0.25) is 0 Å². The molecule has 0 spiro atoms. The van der Waals surface area contributed by atoms with Gasteiger partial charge in [0.25, 0.3) is 0 Å². The number of ketones is 2. The van der Waals surface area contributed by atoms with Crippen LogP contribution in [0.5, 0.6) is 0 Å². The van der Waals surface area contributed by atoms with Crippen molar-refractivity contribution in [2.75, 3.05) is 13.2 Å². The molecule has 1 aromatic carbocycles. The molecular weight excluding hydrogens is 989 g/mol. The summed E-state index contributed by atoms with van der Waals surface area (Å²) in [5, 5.41) is 49.4. The van der Waals surface area contributed by atoms with Crippen molar-refractivity contribution in [1.29, 1.82) is 0 Å². The van der Waals surface area contributed by atoms with E-state index in [0.717, 1.165) is 22.3 Å². The lowest BCUT2D eigenvalue weighted by atomic mass is 9.42. The van der Waals surface area contributed by atoms with Crippen molar-refractivity contribution in [3.63, 3.8) is 0 Å². The molecular formula is C59H90O14Si2. The van der Waals surface area contributed by atoms with Crippen LogP contribution in [0.25, 0.3) is 0 Å². The third-order valence-electron chi connectivity index (χ3n) is 20.9. The number of benzene rings is 1. The van der Waals surface area contributed by atoms with E-state index in [4.69, 9.17) is 27.8 Å². The molecule has 2 saturated heterocycles. The molecule has 1 aromatic rings. The van der Waals surface area contributed by atoms with Crippen LogP contribution in [-0.4, -0.2) is 133 Å². The molecule has 4 saturated carbocycles. The number of hydrogen-bond acceptors (Lipinski definition) is 14. The molecule has 8 aliphatic rings. The van der Waals surface area contributed by atoms with Crippen molar-refractivity contribution in [3.8, 4) is 0 Å². The van der Waals surface area contributed by atoms with E-state index in [1.54, 1.807) is 24.3 Å². The molecule has 418 valence electrons. The monoisotopic (exact) mass is 1080 g/mol. The SMILES string of the molecule is CC(=O)O[C@@]12CO[C@@H]1C[C@H](C)[C@@]1(C)C(=O)[C@H](C)C3=C(C)[C@@H](O[Si](C)(C)C)C[C@@](O)([C@@H](OC(=O)c4ccccc4)C12)C3(C)C.CC1=C2[C@@H](C)C(=O)[C@@]3(C)C([C@H](O)[C@](O)(C[C@@H]1O[Si](C)(C)C)C2(C)C)[C@]1(O)CO[C@@H]1C[C@@H]3C. The van der Waals surface area contributed by atoms with E-state index < -0.39 is 127 Å². The van der Waals surface area contributed by atoms with E-state index >= 15 is 4.79 Å². The second-order valence-corrected chi connectivity index (χ2v) is 36.8. The topological polar surface area (TPSA) is 205 Å². The van der Waals surface area contributed by atoms with Gasteiger partial charge in [-0.05, 0) is 112 Å². The van der Waals surface area contributed by atoms with Crippen LogP contribution in [0.2, 0.25) is 39.3 Å². The summed E-state index contributed by atoms with van der Waals surface area (Å²) in [7, 11) is -4.10. The van der Waals surface area contributed by atoms with Crippen LogP contribution in [0.1, 0.15) is 126 Å². The Morgan fingerprint density at radius 3 is 1.52 bits per heavy atom. The fourth-order valence-corrected chi connectivity index (χ4v) is 18.9. The molecule has 4 N–H and O–H groups in total. The lowest BCUT2D eigenvalue weighted by molar-refractivity contribution is -0.339. The van der Waals surface area contributed by atoms with Gasteiger partial charge in [-0.15, -0.1) is 0 Å². The predicted molar refractivity (Wildman–Crippen MR) is 288 cm³/mol. The molecule has 0 radical (unpaired) electrons. The van der Waals surface area contributed by atoms with Crippen molar-refractivity contribution in [2.24, 2.45) is 57.2 Å². The minimum atomic E-state index is -2.13. The Bertz CT molecular complexity index is 2550. The van der Waals surface area contributed by atoms with Crippen molar-refractivity contribution in [2.45, 2.75) is 214 Å². The lowest BCUT2D eigenvalue weighted by Crippen LogP contribution is -2.80. The Morgan fingerprint density at radius 2 is 1.09 bits per heavy atom. The Labute approximate surface area is 448 Å². The fourth-order valence-electron chi connectivity index (χ4n) is 16.7. The van der Waals surface area contributed by atoms with Crippen LogP contribution in [0, 0.1) is 57.2 Å². The smallest absolute Gasteiger partial charge is 0.338 e. The van der Waals surface area contributed by atoms with Gasteiger partial charge in [-0.25, -0.2) is 4.79 Å². The highest BCUT2D eigenvalue weighted by Crippen LogP contribution is 2.68. The van der Waals surface area contributed by atoms with Crippen LogP contribution in [0.4, 0.5) is 0 Å². The number of carbonyl (C=O) groups excluding carboxylic acids is 4. The number of hydrogen-bond donors (Lipinski definition) is 4. The Balaban J connectivity index is 0.000000208. The lowest BCUT2D eigenvalue weighted by Gasteiger charge is -2.68. The van der Waals surface area contributed by atoms with Gasteiger partial charge in [0.15, 0.2) is 22.2 Å². The highest BCUT2D eigenvalue weighted by Gasteiger charge is 2.78. The van der Waals surface area contributed by atoms with E-state index in [1.807, 2.05) is 89.2 Å². The molecule has 6 fully saturated rings. The molecule has 16 heteroatoms. The maximum atomic E-state index is 15.0. The van der Waals surface area contributed by atoms with Crippen molar-refractivity contribution < 1.29 is 67.4 Å². The fraction of sp³-hybridized carbons (Fsp3) is 0.763. The summed E-state index contributed by atoms with van der Waals surface area (Å²) in [6.07, 6.45) is -2.81. The molecule has 2 unspecified atom stereocenters. The number of esters is 2. The Kier molecular flexibility index (Phi) is 14.4. The summed E-state index contributed by atoms with van der Waals surface area (Å²) in [4.78, 5) is 55.9. The normalized spacial score (nSPS) is 44.7. The number of ether oxygens (including phenoxy) is 4. The summed E-state index contributed by atoms with van der Waals surface area (Å²) in [5.74, 6) is -4.09. The molecule has 4 bridgehead atoms. The highest BCUT2D eigenvalue weighted by molar-refractivity contribution is 6.70. The van der Waals surface area contributed by atoms with Crippen LogP contribution >= 0.6 is 0 Å². The minimum Gasteiger partial charge on any atom is -0.455 e. The second-order valence-electron chi connectivity index (χ2n) is 27.9. The molecule has 18 atom stereocenters. The molecule has 0 aromatic heterocycles. The highest BCUT2D eigenvalue weighted by atomic mass is 28.4. The summed E-state index contributed by atoms with van der Waals surface area (Å²) in [6.45, 7) is 37.5. The quantitative estimate of drug-likeness (QED) is 0.115. The van der Waals surface area contributed by atoms with E-state index in [1.165, 1.54) is 6.92 Å². The first-order valence-electron chi connectivity index (χ1n) is 27.6. The Morgan fingerprint density at radius 1 is 0.653 bits per heavy atom. The van der Waals surface area contributed by atoms with Gasteiger partial charge in [-0.2, -0.15) is 0 Å². The summed E-state index contributed by atoms with van der Waals surface area (Å²) in [6, 6.07) is 8.66. The number of rotatable bonds is 7. The number of aliphatic hydroxyl groups is 4. The molecule has 0 amide bonds. The third-order valence-corrected chi connectivity index (χ3v) is 22.8. The number of carbonyl (C=O) groups is 4. The number of Topliss-reactive ketones (excluding diaryl/α,β-unsaturated/α-hetero) is 2. The van der Waals surface area contributed by atoms with Gasteiger partial charge in [0.1, 0.15) is 40.6 Å². The van der Waals surface area contributed by atoms with E-state index in [0.29, 0.717) is 18.4 Å². The summed E-state index contributed by atoms with van der Waals surface area (Å²) >= 11 is 0. The molecule has 75 heavy (non-hydrogen) atoms. The molecule has 2 aliphatic heterocycles. The zero-order valence-corrected chi connectivity index (χ0v) is 50.4. The van der Waals surface area contributed by atoms with Gasteiger partial charge < -0.3 is 48.2 Å². The number of fused-ring (bicyclic) bond motifs is 10. The van der Waals surface area contributed by atoms with Gasteiger partial charge in [-0.3, -0.25) is 14.4 Å². The standard InChI is InChI=1S/C34H48O8Si.C25H42O6Si/c1-19-16-25-33(18-39-25,41-22(4)35)27-29(40-30(37)23-14-12-11-13-15-23)34(38)17-24(42-43(8,9)10)20(2)26(31(34,5)6)21(3)28(36)32(19,27)7;1-13-10-17-24(28,12-30-17)19-21(27)25(29)11-16(31-32(7,8)9)14(2)18(22(25,4)5)15(3)20(26)23(13,19)6/h11-15,19,21,24-25,27,29,38H,16-18H2,1-10H3;13,15-17,19,21,27-29H,10-12H2,1-9H3/t19-,21+,24-,25+,27?,29-,32+,33-,34+;13-,15+,16-,17+,19?,21-,23+,24-,25+/m00/s1. The van der Waals surface area contributed by atoms with Crippen molar-refractivity contribution >= 4 is 40.1 Å². The van der Waals surface area contributed by atoms with E-state index in [-0.39, 0.29) is 55.6 Å². The Hall–Kier alpha value is -2.91. The first-order valence-corrected chi connectivity index (χ1v) is 34.5. The molecule has 9 rings (SSSR count). The maximum absolute atomic E-state index is 15.0. The van der Waals surface area contributed by atoms with Gasteiger partial charge >= 0.3 is 11.9 Å². The maximum Gasteiger partial charge on any atom is 0.338 e. The average Bonchev–Trinajstić information content (AvgIpc) is 3.29. The van der Waals surface area contributed by atoms with Crippen LogP contribution < -0.4 is 0 Å². The van der Waals surface area contributed by atoms with Crippen LogP contribution in [-0.2, 0) is 42.2 Å². The van der Waals surface area contributed by atoms with Gasteiger partial charge in [0.05, 0.1) is 49.1 Å². The first kappa shape index (κ1) is 58.2. The summed E-state index contributed by atoms with van der Waals surface area (Å²) < 4.78 is 37.6. The predicted octanol–water partition coefficient (Wildman–Crippen LogP) is 8.55. The zero-order chi connectivity index (χ0) is 56.1. The van der Waals surface area contributed by atoms with E-state index in [9.17, 15) is 34.8 Å². The minimum absolute atomic E-state index is 0.0132. The third kappa shape index (κ3) is 8.48. The zero-order valence-electron chi connectivity index (χ0n) is 48.4. The molecule has 6 aliphatic carbocycles. The van der Waals surface area contributed by atoms with E-state index in [2.05, 4.69) is 39.3 Å². The van der Waals surface area contributed by atoms with Crippen molar-refractivity contribution in [1.82, 2.24) is 0 Å². The first-order chi connectivity index (χ1) is 34.2. The molecule has 14 nitrogen and oxygen atoms in total. The largest absolute Gasteiger partial charge is 0.455 e. The van der Waals surface area contributed by atoms with Crippen LogP contribution in [0.3, 0.4) is 0 Å². The average molecular weight is 1080 g/mol. The second kappa shape index (κ2) is 18.6. The molecule has 2 heterocycles. The number of aliphatic hydroxyl groups excluding tert-OH is 1.